The minimum absolute atomic E-state index is 0.159. The number of carbonyl (C=O) groups is 2. The van der Waals surface area contributed by atoms with Gasteiger partial charge in [0.05, 0.1) is 5.41 Å². The zero-order chi connectivity index (χ0) is 22.7. The van der Waals surface area contributed by atoms with E-state index in [0.717, 1.165) is 36.1 Å². The van der Waals surface area contributed by atoms with Gasteiger partial charge in [0, 0.05) is 29.1 Å². The first-order valence-electron chi connectivity index (χ1n) is 11.2. The van der Waals surface area contributed by atoms with Crippen molar-refractivity contribution in [3.63, 3.8) is 0 Å². The fraction of sp³-hybridized carbons (Fsp3) is 0.440. The first kappa shape index (κ1) is 23.1. The number of rotatable bonds is 8. The molecule has 32 heavy (non-hydrogen) atoms. The lowest BCUT2D eigenvalue weighted by Crippen LogP contribution is -2.52. The van der Waals surface area contributed by atoms with Gasteiger partial charge in [-0.15, -0.1) is 0 Å². The van der Waals surface area contributed by atoms with E-state index >= 15 is 0 Å². The predicted molar refractivity (Wildman–Crippen MR) is 128 cm³/mol. The van der Waals surface area contributed by atoms with E-state index in [1.807, 2.05) is 37.3 Å². The Hall–Kier alpha value is -2.08. The third kappa shape index (κ3) is 5.28. The maximum atomic E-state index is 13.4. The van der Waals surface area contributed by atoms with E-state index in [2.05, 4.69) is 16.0 Å². The molecule has 2 unspecified atom stereocenters. The summed E-state index contributed by atoms with van der Waals surface area (Å²) in [5, 5.41) is 10.5. The summed E-state index contributed by atoms with van der Waals surface area (Å²) in [7, 11) is 0. The second kappa shape index (κ2) is 9.82. The van der Waals surface area contributed by atoms with Crippen LogP contribution >= 0.6 is 23.2 Å². The molecule has 4 rings (SSSR count). The Morgan fingerprint density at radius 1 is 1.16 bits per heavy atom. The van der Waals surface area contributed by atoms with Gasteiger partial charge in [-0.1, -0.05) is 59.1 Å². The summed E-state index contributed by atoms with van der Waals surface area (Å²) in [6.45, 7) is 3.57. The van der Waals surface area contributed by atoms with Crippen molar-refractivity contribution in [2.75, 3.05) is 13.1 Å². The summed E-state index contributed by atoms with van der Waals surface area (Å²) in [6, 6.07) is 12.9. The van der Waals surface area contributed by atoms with Gasteiger partial charge < -0.3 is 16.0 Å². The van der Waals surface area contributed by atoms with Gasteiger partial charge in [-0.3, -0.25) is 9.59 Å². The van der Waals surface area contributed by atoms with Crippen molar-refractivity contribution in [3.8, 4) is 0 Å². The highest BCUT2D eigenvalue weighted by molar-refractivity contribution is 6.35. The van der Waals surface area contributed by atoms with E-state index in [0.29, 0.717) is 35.9 Å². The molecular weight excluding hydrogens is 445 g/mol. The van der Waals surface area contributed by atoms with Crippen LogP contribution < -0.4 is 16.0 Å². The average Bonchev–Trinajstić information content (AvgIpc) is 3.40. The Bertz CT molecular complexity index is 983. The molecule has 2 aromatic rings. The van der Waals surface area contributed by atoms with Crippen LogP contribution in [-0.2, 0) is 21.4 Å². The van der Waals surface area contributed by atoms with Crippen molar-refractivity contribution in [3.05, 3.63) is 69.2 Å². The number of hydrogen-bond acceptors (Lipinski definition) is 3. The minimum atomic E-state index is -0.694. The minimum Gasteiger partial charge on any atom is -0.353 e. The SMILES string of the molecule is Cc1ccc(CC(NC(=O)C2(c3ccc(Cl)cc3Cl)CC2)C(=O)NCC2CCCN2)cc1. The molecule has 170 valence electrons. The molecule has 0 spiro atoms. The lowest BCUT2D eigenvalue weighted by Gasteiger charge is -2.24. The first-order valence-corrected chi connectivity index (χ1v) is 12.0. The van der Waals surface area contributed by atoms with Crippen LogP contribution in [0.1, 0.15) is 42.4 Å². The highest BCUT2D eigenvalue weighted by Crippen LogP contribution is 2.51. The summed E-state index contributed by atoms with van der Waals surface area (Å²) in [6.07, 6.45) is 4.00. The van der Waals surface area contributed by atoms with Crippen LogP contribution in [0, 0.1) is 6.92 Å². The normalized spacial score (nSPS) is 19.9. The Morgan fingerprint density at radius 3 is 2.53 bits per heavy atom. The number of nitrogens with one attached hydrogen (secondary N) is 3. The van der Waals surface area contributed by atoms with Crippen molar-refractivity contribution in [2.45, 2.75) is 56.5 Å². The Balaban J connectivity index is 1.50. The lowest BCUT2D eigenvalue weighted by atomic mass is 9.93. The number of benzene rings is 2. The van der Waals surface area contributed by atoms with Crippen molar-refractivity contribution in [1.82, 2.24) is 16.0 Å². The van der Waals surface area contributed by atoms with Crippen LogP contribution in [0.2, 0.25) is 10.0 Å². The third-order valence-electron chi connectivity index (χ3n) is 6.50. The largest absolute Gasteiger partial charge is 0.353 e. The molecule has 3 N–H and O–H groups in total. The smallest absolute Gasteiger partial charge is 0.242 e. The fourth-order valence-corrected chi connectivity index (χ4v) is 4.95. The van der Waals surface area contributed by atoms with Gasteiger partial charge in [-0.05, 0) is 62.4 Å². The second-order valence-electron chi connectivity index (χ2n) is 8.96. The molecule has 2 amide bonds. The molecule has 1 saturated heterocycles. The molecule has 0 radical (unpaired) electrons. The highest BCUT2D eigenvalue weighted by atomic mass is 35.5. The van der Waals surface area contributed by atoms with Crippen LogP contribution in [0.3, 0.4) is 0 Å². The topological polar surface area (TPSA) is 70.2 Å². The molecule has 1 aliphatic carbocycles. The predicted octanol–water partition coefficient (Wildman–Crippen LogP) is 3.93. The number of hydrogen-bond donors (Lipinski definition) is 3. The summed E-state index contributed by atoms with van der Waals surface area (Å²) in [5.41, 5.74) is 2.23. The van der Waals surface area contributed by atoms with E-state index in [9.17, 15) is 9.59 Å². The van der Waals surface area contributed by atoms with Crippen LogP contribution in [0.4, 0.5) is 0 Å². The van der Waals surface area contributed by atoms with Gasteiger partial charge in [0.2, 0.25) is 11.8 Å². The number of halogens is 2. The Kier molecular flexibility index (Phi) is 7.08. The lowest BCUT2D eigenvalue weighted by molar-refractivity contribution is -0.130. The molecular formula is C25H29Cl2N3O2. The summed E-state index contributed by atoms with van der Waals surface area (Å²) in [4.78, 5) is 26.5. The second-order valence-corrected chi connectivity index (χ2v) is 9.80. The zero-order valence-electron chi connectivity index (χ0n) is 18.2. The number of carbonyl (C=O) groups excluding carboxylic acids is 2. The quantitative estimate of drug-likeness (QED) is 0.543. The van der Waals surface area contributed by atoms with Crippen LogP contribution in [0.5, 0.6) is 0 Å². The molecule has 0 aromatic heterocycles. The average molecular weight is 474 g/mol. The molecule has 2 atom stereocenters. The van der Waals surface area contributed by atoms with Crippen molar-refractivity contribution < 1.29 is 9.59 Å². The van der Waals surface area contributed by atoms with Gasteiger partial charge in [0.15, 0.2) is 0 Å². The van der Waals surface area contributed by atoms with E-state index in [1.54, 1.807) is 12.1 Å². The first-order chi connectivity index (χ1) is 15.4. The molecule has 2 aliphatic rings. The van der Waals surface area contributed by atoms with E-state index in [-0.39, 0.29) is 17.9 Å². The highest BCUT2D eigenvalue weighted by Gasteiger charge is 2.53. The standard InChI is InChI=1S/C25H29Cl2N3O2/c1-16-4-6-17(7-5-16)13-22(23(31)29-15-19-3-2-12-28-19)30-24(32)25(10-11-25)20-9-8-18(26)14-21(20)27/h4-9,14,19,22,28H,2-3,10-13,15H2,1H3,(H,29,31)(H,30,32). The Morgan fingerprint density at radius 2 is 1.91 bits per heavy atom. The summed E-state index contributed by atoms with van der Waals surface area (Å²) >= 11 is 12.5. The molecule has 1 heterocycles. The van der Waals surface area contributed by atoms with E-state index in [1.165, 1.54) is 0 Å². The summed E-state index contributed by atoms with van der Waals surface area (Å²) < 4.78 is 0. The zero-order valence-corrected chi connectivity index (χ0v) is 19.7. The van der Waals surface area contributed by atoms with Crippen LogP contribution in [0.25, 0.3) is 0 Å². The van der Waals surface area contributed by atoms with Crippen molar-refractivity contribution >= 4 is 35.0 Å². The molecule has 0 bridgehead atoms. The van der Waals surface area contributed by atoms with Gasteiger partial charge in [-0.2, -0.15) is 0 Å². The maximum absolute atomic E-state index is 13.4. The molecule has 7 heteroatoms. The van der Waals surface area contributed by atoms with Gasteiger partial charge in [0.1, 0.15) is 6.04 Å². The van der Waals surface area contributed by atoms with Gasteiger partial charge in [0.25, 0.3) is 0 Å². The van der Waals surface area contributed by atoms with Crippen molar-refractivity contribution in [2.24, 2.45) is 0 Å². The summed E-state index contributed by atoms with van der Waals surface area (Å²) in [5.74, 6) is -0.321. The molecule has 2 fully saturated rings. The number of aryl methyl sites for hydroxylation is 1. The maximum Gasteiger partial charge on any atom is 0.242 e. The molecule has 2 aromatic carbocycles. The molecule has 1 aliphatic heterocycles. The van der Waals surface area contributed by atoms with E-state index in [4.69, 9.17) is 23.2 Å². The van der Waals surface area contributed by atoms with E-state index < -0.39 is 11.5 Å². The van der Waals surface area contributed by atoms with Crippen LogP contribution in [-0.4, -0.2) is 37.0 Å². The van der Waals surface area contributed by atoms with Crippen molar-refractivity contribution in [1.29, 1.82) is 0 Å². The Labute approximate surface area is 199 Å². The van der Waals surface area contributed by atoms with Crippen LogP contribution in [0.15, 0.2) is 42.5 Å². The fourth-order valence-electron chi connectivity index (χ4n) is 4.36. The third-order valence-corrected chi connectivity index (χ3v) is 7.05. The van der Waals surface area contributed by atoms with Gasteiger partial charge in [-0.25, -0.2) is 0 Å². The molecule has 1 saturated carbocycles. The number of amides is 2. The molecule has 5 nitrogen and oxygen atoms in total. The van der Waals surface area contributed by atoms with Gasteiger partial charge >= 0.3 is 0 Å². The monoisotopic (exact) mass is 473 g/mol.